The second kappa shape index (κ2) is 9.94. The van der Waals surface area contributed by atoms with Gasteiger partial charge in [0.1, 0.15) is 0 Å². The molecule has 2 rings (SSSR count). The Hall–Kier alpha value is -2.20. The van der Waals surface area contributed by atoms with Gasteiger partial charge in [0.25, 0.3) is 5.91 Å². The summed E-state index contributed by atoms with van der Waals surface area (Å²) in [6, 6.07) is 15.1. The summed E-state index contributed by atoms with van der Waals surface area (Å²) < 4.78 is 11.1. The van der Waals surface area contributed by atoms with Gasteiger partial charge < -0.3 is 14.8 Å². The van der Waals surface area contributed by atoms with Gasteiger partial charge in [-0.3, -0.25) is 4.79 Å². The van der Waals surface area contributed by atoms with Gasteiger partial charge in [-0.25, -0.2) is 0 Å². The van der Waals surface area contributed by atoms with E-state index in [0.717, 1.165) is 17.9 Å². The molecule has 0 heterocycles. The van der Waals surface area contributed by atoms with Gasteiger partial charge in [-0.15, -0.1) is 0 Å². The van der Waals surface area contributed by atoms with E-state index in [-0.39, 0.29) is 5.91 Å². The van der Waals surface area contributed by atoms with Gasteiger partial charge in [0, 0.05) is 11.6 Å². The second-order valence-corrected chi connectivity index (χ2v) is 6.12. The first-order valence-electron chi connectivity index (χ1n) is 8.46. The zero-order valence-corrected chi connectivity index (χ0v) is 15.4. The Morgan fingerprint density at radius 3 is 2.44 bits per heavy atom. The first-order chi connectivity index (χ1) is 12.1. The number of para-hydroxylation sites is 2. The number of rotatable bonds is 9. The van der Waals surface area contributed by atoms with Crippen molar-refractivity contribution >= 4 is 17.5 Å². The maximum Gasteiger partial charge on any atom is 0.261 e. The van der Waals surface area contributed by atoms with Crippen LogP contribution in [0.2, 0.25) is 5.02 Å². The number of hydrogen-bond donors (Lipinski definition) is 1. The van der Waals surface area contributed by atoms with Crippen molar-refractivity contribution in [2.75, 3.05) is 13.7 Å². The molecule has 25 heavy (non-hydrogen) atoms. The van der Waals surface area contributed by atoms with Crippen LogP contribution in [-0.2, 0) is 11.2 Å². The average Bonchev–Trinajstić information content (AvgIpc) is 2.64. The lowest BCUT2D eigenvalue weighted by Gasteiger charge is -2.18. The van der Waals surface area contributed by atoms with Crippen molar-refractivity contribution in [1.82, 2.24) is 5.32 Å². The minimum Gasteiger partial charge on any atom is -0.493 e. The lowest BCUT2D eigenvalue weighted by Crippen LogP contribution is -2.38. The minimum atomic E-state index is -0.535. The average molecular weight is 362 g/mol. The number of benzene rings is 2. The van der Waals surface area contributed by atoms with E-state index >= 15 is 0 Å². The van der Waals surface area contributed by atoms with Gasteiger partial charge in [-0.05, 0) is 49.1 Å². The first-order valence-corrected chi connectivity index (χ1v) is 8.83. The minimum absolute atomic E-state index is 0.107. The number of ether oxygens (including phenoxy) is 2. The van der Waals surface area contributed by atoms with Crippen molar-refractivity contribution < 1.29 is 14.3 Å². The third-order valence-electron chi connectivity index (χ3n) is 3.86. The molecule has 1 unspecified atom stereocenters. The van der Waals surface area contributed by atoms with Crippen molar-refractivity contribution in [3.63, 3.8) is 0 Å². The van der Waals surface area contributed by atoms with Crippen LogP contribution in [0.25, 0.3) is 0 Å². The summed E-state index contributed by atoms with van der Waals surface area (Å²) in [4.78, 5) is 12.3. The van der Waals surface area contributed by atoms with Crippen molar-refractivity contribution in [2.45, 2.75) is 32.3 Å². The highest BCUT2D eigenvalue weighted by molar-refractivity contribution is 6.30. The van der Waals surface area contributed by atoms with E-state index < -0.39 is 6.10 Å². The highest BCUT2D eigenvalue weighted by Gasteiger charge is 2.19. The Morgan fingerprint density at radius 2 is 1.80 bits per heavy atom. The molecule has 0 aliphatic carbocycles. The number of halogens is 1. The Balaban J connectivity index is 1.80. The smallest absolute Gasteiger partial charge is 0.261 e. The number of amides is 1. The molecule has 1 amide bonds. The monoisotopic (exact) mass is 361 g/mol. The van der Waals surface area contributed by atoms with Crippen LogP contribution in [0.15, 0.2) is 48.5 Å². The highest BCUT2D eigenvalue weighted by atomic mass is 35.5. The molecule has 5 heteroatoms. The Morgan fingerprint density at radius 1 is 1.12 bits per heavy atom. The molecule has 0 aromatic heterocycles. The highest BCUT2D eigenvalue weighted by Crippen LogP contribution is 2.27. The maximum atomic E-state index is 12.3. The normalized spacial score (nSPS) is 11.6. The van der Waals surface area contributed by atoms with Gasteiger partial charge in [0.15, 0.2) is 17.6 Å². The Kier molecular flexibility index (Phi) is 7.61. The fraction of sp³-hybridized carbons (Fsp3) is 0.350. The summed E-state index contributed by atoms with van der Waals surface area (Å²) >= 11 is 5.87. The number of nitrogens with one attached hydrogen (secondary N) is 1. The number of methoxy groups -OCH3 is 1. The van der Waals surface area contributed by atoms with E-state index in [9.17, 15) is 4.79 Å². The molecular formula is C20H24ClNO3. The molecule has 0 spiro atoms. The van der Waals surface area contributed by atoms with Crippen LogP contribution in [0.1, 0.15) is 25.3 Å². The predicted molar refractivity (Wildman–Crippen MR) is 100 cm³/mol. The molecule has 0 saturated heterocycles. The van der Waals surface area contributed by atoms with Crippen LogP contribution < -0.4 is 14.8 Å². The zero-order chi connectivity index (χ0) is 18.1. The fourth-order valence-electron chi connectivity index (χ4n) is 2.46. The molecule has 134 valence electrons. The SMILES string of the molecule is CCC(Oc1ccccc1OC)C(=O)NCCCc1ccc(Cl)cc1. The summed E-state index contributed by atoms with van der Waals surface area (Å²) in [7, 11) is 1.58. The predicted octanol–water partition coefficient (Wildman–Crippen LogP) is 4.26. The molecule has 1 atom stereocenters. The summed E-state index contributed by atoms with van der Waals surface area (Å²) in [5.74, 6) is 1.09. The molecular weight excluding hydrogens is 338 g/mol. The molecule has 2 aromatic carbocycles. The van der Waals surface area contributed by atoms with Crippen molar-refractivity contribution in [1.29, 1.82) is 0 Å². The molecule has 0 fully saturated rings. The van der Waals surface area contributed by atoms with Crippen LogP contribution >= 0.6 is 11.6 Å². The summed E-state index contributed by atoms with van der Waals surface area (Å²) in [5, 5.41) is 3.67. The number of carbonyl (C=O) groups excluding carboxylic acids is 1. The van der Waals surface area contributed by atoms with E-state index in [2.05, 4.69) is 5.32 Å². The second-order valence-electron chi connectivity index (χ2n) is 5.69. The van der Waals surface area contributed by atoms with Crippen LogP contribution in [0.3, 0.4) is 0 Å². The Labute approximate surface area is 154 Å². The van der Waals surface area contributed by atoms with Crippen molar-refractivity contribution in [2.24, 2.45) is 0 Å². The molecule has 4 nitrogen and oxygen atoms in total. The van der Waals surface area contributed by atoms with E-state index in [0.29, 0.717) is 24.5 Å². The fourth-order valence-corrected chi connectivity index (χ4v) is 2.59. The van der Waals surface area contributed by atoms with Gasteiger partial charge in [-0.2, -0.15) is 0 Å². The lowest BCUT2D eigenvalue weighted by atomic mass is 10.1. The van der Waals surface area contributed by atoms with Crippen LogP contribution in [-0.4, -0.2) is 25.7 Å². The maximum absolute atomic E-state index is 12.3. The van der Waals surface area contributed by atoms with Crippen molar-refractivity contribution in [3.05, 3.63) is 59.1 Å². The summed E-state index contributed by atoms with van der Waals surface area (Å²) in [5.41, 5.74) is 1.20. The summed E-state index contributed by atoms with van der Waals surface area (Å²) in [6.45, 7) is 2.53. The van der Waals surface area contributed by atoms with Crippen LogP contribution in [0.4, 0.5) is 0 Å². The molecule has 0 aliphatic heterocycles. The van der Waals surface area contributed by atoms with E-state index in [1.54, 1.807) is 13.2 Å². The molecule has 0 saturated carbocycles. The quantitative estimate of drug-likeness (QED) is 0.679. The first kappa shape index (κ1) is 19.1. The van der Waals surface area contributed by atoms with Crippen molar-refractivity contribution in [3.8, 4) is 11.5 Å². The number of carbonyl (C=O) groups is 1. The summed E-state index contributed by atoms with van der Waals surface area (Å²) in [6.07, 6.45) is 1.80. The zero-order valence-electron chi connectivity index (χ0n) is 14.6. The number of hydrogen-bond acceptors (Lipinski definition) is 3. The molecule has 1 N–H and O–H groups in total. The van der Waals surface area contributed by atoms with Crippen LogP contribution in [0, 0.1) is 0 Å². The Bertz CT molecular complexity index is 673. The lowest BCUT2D eigenvalue weighted by molar-refractivity contribution is -0.128. The molecule has 0 aliphatic rings. The molecule has 2 aromatic rings. The van der Waals surface area contributed by atoms with Gasteiger partial charge >= 0.3 is 0 Å². The number of aryl methyl sites for hydroxylation is 1. The van der Waals surface area contributed by atoms with Crippen LogP contribution in [0.5, 0.6) is 11.5 Å². The largest absolute Gasteiger partial charge is 0.493 e. The third-order valence-corrected chi connectivity index (χ3v) is 4.11. The van der Waals surface area contributed by atoms with Gasteiger partial charge in [0.2, 0.25) is 0 Å². The van der Waals surface area contributed by atoms with Gasteiger partial charge in [0.05, 0.1) is 7.11 Å². The molecule has 0 radical (unpaired) electrons. The van der Waals surface area contributed by atoms with Gasteiger partial charge in [-0.1, -0.05) is 42.8 Å². The third kappa shape index (κ3) is 5.98. The molecule has 0 bridgehead atoms. The van der Waals surface area contributed by atoms with E-state index in [1.807, 2.05) is 49.4 Å². The standard InChI is InChI=1S/C20H24ClNO3/c1-3-17(25-19-9-5-4-8-18(19)24-2)20(23)22-14-6-7-15-10-12-16(21)13-11-15/h4-5,8-13,17H,3,6-7,14H2,1-2H3,(H,22,23). The van der Waals surface area contributed by atoms with E-state index in [4.69, 9.17) is 21.1 Å². The topological polar surface area (TPSA) is 47.6 Å². The van der Waals surface area contributed by atoms with E-state index in [1.165, 1.54) is 5.56 Å².